The first-order chi connectivity index (χ1) is 7.47. The number of rotatable bonds is 8. The van der Waals surface area contributed by atoms with Gasteiger partial charge in [-0.1, -0.05) is 27.7 Å². The average molecular weight is 230 g/mol. The first-order valence-corrected chi connectivity index (χ1v) is 6.08. The summed E-state index contributed by atoms with van der Waals surface area (Å²) >= 11 is 0. The van der Waals surface area contributed by atoms with Crippen molar-refractivity contribution < 1.29 is 9.90 Å². The maximum absolute atomic E-state index is 11.4. The molecule has 0 saturated heterocycles. The fourth-order valence-corrected chi connectivity index (χ4v) is 1.30. The molecule has 0 rings (SSSR count). The van der Waals surface area contributed by atoms with Crippen LogP contribution in [0.3, 0.4) is 0 Å². The molecule has 0 fully saturated rings. The zero-order valence-electron chi connectivity index (χ0n) is 10.9. The van der Waals surface area contributed by atoms with Crippen LogP contribution in [0, 0.1) is 11.8 Å². The summed E-state index contributed by atoms with van der Waals surface area (Å²) in [5.74, 6) is 0.933. The SMILES string of the molecule is CC(C)CCNC(=O)CN[C@H](CO)C(C)C. The first-order valence-electron chi connectivity index (χ1n) is 6.08. The van der Waals surface area contributed by atoms with Crippen LogP contribution in [-0.4, -0.2) is 36.8 Å². The van der Waals surface area contributed by atoms with Gasteiger partial charge >= 0.3 is 0 Å². The summed E-state index contributed by atoms with van der Waals surface area (Å²) in [6, 6.07) is -0.00384. The number of aliphatic hydroxyl groups excluding tert-OH is 1. The lowest BCUT2D eigenvalue weighted by Crippen LogP contribution is -2.43. The number of hydrogen-bond acceptors (Lipinski definition) is 3. The maximum Gasteiger partial charge on any atom is 0.233 e. The van der Waals surface area contributed by atoms with Crippen molar-refractivity contribution in [2.24, 2.45) is 11.8 Å². The fraction of sp³-hybridized carbons (Fsp3) is 0.917. The molecule has 4 heteroatoms. The van der Waals surface area contributed by atoms with Gasteiger partial charge in [0.1, 0.15) is 0 Å². The van der Waals surface area contributed by atoms with E-state index in [1.807, 2.05) is 13.8 Å². The van der Waals surface area contributed by atoms with Crippen LogP contribution >= 0.6 is 0 Å². The summed E-state index contributed by atoms with van der Waals surface area (Å²) in [4.78, 5) is 11.4. The van der Waals surface area contributed by atoms with Crippen LogP contribution in [0.4, 0.5) is 0 Å². The van der Waals surface area contributed by atoms with Gasteiger partial charge in [-0.3, -0.25) is 4.79 Å². The third-order valence-corrected chi connectivity index (χ3v) is 2.57. The molecule has 1 amide bonds. The highest BCUT2D eigenvalue weighted by Gasteiger charge is 2.12. The Morgan fingerprint density at radius 1 is 1.25 bits per heavy atom. The van der Waals surface area contributed by atoms with Gasteiger partial charge in [-0.15, -0.1) is 0 Å². The molecule has 96 valence electrons. The number of aliphatic hydroxyl groups is 1. The van der Waals surface area contributed by atoms with Crippen molar-refractivity contribution in [2.75, 3.05) is 19.7 Å². The Morgan fingerprint density at radius 3 is 2.31 bits per heavy atom. The van der Waals surface area contributed by atoms with E-state index in [0.29, 0.717) is 11.8 Å². The van der Waals surface area contributed by atoms with Crippen LogP contribution in [0.15, 0.2) is 0 Å². The molecule has 16 heavy (non-hydrogen) atoms. The molecule has 0 bridgehead atoms. The molecule has 0 unspecified atom stereocenters. The van der Waals surface area contributed by atoms with Crippen molar-refractivity contribution in [3.05, 3.63) is 0 Å². The molecule has 3 N–H and O–H groups in total. The van der Waals surface area contributed by atoms with Gasteiger partial charge in [0, 0.05) is 12.6 Å². The Labute approximate surface area is 98.8 Å². The van der Waals surface area contributed by atoms with E-state index in [9.17, 15) is 4.79 Å². The van der Waals surface area contributed by atoms with Crippen LogP contribution < -0.4 is 10.6 Å². The summed E-state index contributed by atoms with van der Waals surface area (Å²) in [6.45, 7) is 9.37. The van der Waals surface area contributed by atoms with E-state index in [1.165, 1.54) is 0 Å². The Kier molecular flexibility index (Phi) is 8.21. The summed E-state index contributed by atoms with van der Waals surface area (Å²) < 4.78 is 0. The lowest BCUT2D eigenvalue weighted by atomic mass is 10.1. The third kappa shape index (κ3) is 7.65. The number of nitrogens with one attached hydrogen (secondary N) is 2. The minimum atomic E-state index is -0.00384. The fourth-order valence-electron chi connectivity index (χ4n) is 1.30. The largest absolute Gasteiger partial charge is 0.395 e. The second-order valence-corrected chi connectivity index (χ2v) is 4.95. The molecular weight excluding hydrogens is 204 g/mol. The van der Waals surface area contributed by atoms with Crippen molar-refractivity contribution >= 4 is 5.91 Å². The Balaban J connectivity index is 3.63. The van der Waals surface area contributed by atoms with Crippen molar-refractivity contribution in [3.63, 3.8) is 0 Å². The van der Waals surface area contributed by atoms with Crippen LogP contribution in [0.5, 0.6) is 0 Å². The van der Waals surface area contributed by atoms with Gasteiger partial charge in [0.15, 0.2) is 0 Å². The topological polar surface area (TPSA) is 61.4 Å². The molecule has 0 aliphatic heterocycles. The molecule has 0 heterocycles. The molecule has 0 aromatic carbocycles. The van der Waals surface area contributed by atoms with Crippen molar-refractivity contribution in [1.29, 1.82) is 0 Å². The number of amides is 1. The first kappa shape index (κ1) is 15.4. The molecule has 0 aromatic rings. The Bertz CT molecular complexity index is 193. The molecule has 0 radical (unpaired) electrons. The van der Waals surface area contributed by atoms with E-state index in [4.69, 9.17) is 5.11 Å². The van der Waals surface area contributed by atoms with Crippen molar-refractivity contribution in [1.82, 2.24) is 10.6 Å². The second kappa shape index (κ2) is 8.53. The van der Waals surface area contributed by atoms with Gasteiger partial charge in [-0.25, -0.2) is 0 Å². The molecule has 1 atom stereocenters. The number of hydrogen-bond donors (Lipinski definition) is 3. The summed E-state index contributed by atoms with van der Waals surface area (Å²) in [7, 11) is 0. The minimum Gasteiger partial charge on any atom is -0.395 e. The van der Waals surface area contributed by atoms with Crippen LogP contribution in [0.2, 0.25) is 0 Å². The lowest BCUT2D eigenvalue weighted by molar-refractivity contribution is -0.120. The second-order valence-electron chi connectivity index (χ2n) is 4.95. The summed E-state index contributed by atoms with van der Waals surface area (Å²) in [5, 5.41) is 15.0. The lowest BCUT2D eigenvalue weighted by Gasteiger charge is -2.19. The van der Waals surface area contributed by atoms with Gasteiger partial charge in [0.05, 0.1) is 13.2 Å². The molecular formula is C12H26N2O2. The van der Waals surface area contributed by atoms with Crippen LogP contribution in [0.1, 0.15) is 34.1 Å². The number of carbonyl (C=O) groups excluding carboxylic acids is 1. The minimum absolute atomic E-state index is 0.000231. The highest BCUT2D eigenvalue weighted by Crippen LogP contribution is 1.99. The normalized spacial score (nSPS) is 13.2. The van der Waals surface area contributed by atoms with E-state index in [2.05, 4.69) is 24.5 Å². The van der Waals surface area contributed by atoms with Crippen LogP contribution in [-0.2, 0) is 4.79 Å². The molecule has 0 aromatic heterocycles. The Hall–Kier alpha value is -0.610. The predicted molar refractivity (Wildman–Crippen MR) is 66.2 cm³/mol. The van der Waals surface area contributed by atoms with Gasteiger partial charge in [0.25, 0.3) is 0 Å². The average Bonchev–Trinajstić information content (AvgIpc) is 2.17. The van der Waals surface area contributed by atoms with E-state index >= 15 is 0 Å². The smallest absolute Gasteiger partial charge is 0.233 e. The third-order valence-electron chi connectivity index (χ3n) is 2.57. The number of carbonyl (C=O) groups is 1. The zero-order chi connectivity index (χ0) is 12.6. The van der Waals surface area contributed by atoms with Gasteiger partial charge < -0.3 is 15.7 Å². The van der Waals surface area contributed by atoms with Gasteiger partial charge in [0.2, 0.25) is 5.91 Å². The quantitative estimate of drug-likeness (QED) is 0.577. The summed E-state index contributed by atoms with van der Waals surface area (Å²) in [5.41, 5.74) is 0. The van der Waals surface area contributed by atoms with Crippen molar-refractivity contribution in [2.45, 2.75) is 40.2 Å². The predicted octanol–water partition coefficient (Wildman–Crippen LogP) is 0.755. The van der Waals surface area contributed by atoms with Gasteiger partial charge in [-0.05, 0) is 18.3 Å². The standard InChI is InChI=1S/C12H26N2O2/c1-9(2)5-6-13-12(16)7-14-11(8-15)10(3)4/h9-11,14-15H,5-8H2,1-4H3,(H,13,16)/t11-/m1/s1. The molecule has 4 nitrogen and oxygen atoms in total. The Morgan fingerprint density at radius 2 is 1.88 bits per heavy atom. The summed E-state index contributed by atoms with van der Waals surface area (Å²) in [6.07, 6.45) is 0.999. The molecule has 0 saturated carbocycles. The molecule has 0 aliphatic carbocycles. The highest BCUT2D eigenvalue weighted by atomic mass is 16.3. The van der Waals surface area contributed by atoms with E-state index in [1.54, 1.807) is 0 Å². The van der Waals surface area contributed by atoms with E-state index in [-0.39, 0.29) is 25.1 Å². The monoisotopic (exact) mass is 230 g/mol. The van der Waals surface area contributed by atoms with Crippen LogP contribution in [0.25, 0.3) is 0 Å². The van der Waals surface area contributed by atoms with E-state index in [0.717, 1.165) is 13.0 Å². The van der Waals surface area contributed by atoms with Crippen molar-refractivity contribution in [3.8, 4) is 0 Å². The molecule has 0 spiro atoms. The van der Waals surface area contributed by atoms with Gasteiger partial charge in [-0.2, -0.15) is 0 Å². The van der Waals surface area contributed by atoms with E-state index < -0.39 is 0 Å². The zero-order valence-corrected chi connectivity index (χ0v) is 10.9. The molecule has 0 aliphatic rings. The highest BCUT2D eigenvalue weighted by molar-refractivity contribution is 5.77. The maximum atomic E-state index is 11.4.